The fourth-order valence-electron chi connectivity index (χ4n) is 2.01. The van der Waals surface area contributed by atoms with Crippen LogP contribution in [0.2, 0.25) is 0 Å². The largest absolute Gasteiger partial charge is 0.338 e. The van der Waals surface area contributed by atoms with Gasteiger partial charge in [-0.1, -0.05) is 19.3 Å². The van der Waals surface area contributed by atoms with Crippen LogP contribution in [-0.2, 0) is 0 Å². The number of nitrogens with one attached hydrogen (secondary N) is 2. The van der Waals surface area contributed by atoms with Crippen molar-refractivity contribution in [1.29, 1.82) is 0 Å². The first kappa shape index (κ1) is 12.3. The Morgan fingerprint density at radius 2 is 1.80 bits per heavy atom. The molecule has 0 bridgehead atoms. The van der Waals surface area contributed by atoms with Crippen molar-refractivity contribution in [1.82, 2.24) is 10.6 Å². The van der Waals surface area contributed by atoms with Gasteiger partial charge in [0.05, 0.1) is 0 Å². The van der Waals surface area contributed by atoms with Crippen LogP contribution < -0.4 is 10.6 Å². The molecule has 1 aliphatic rings. The first-order valence-corrected chi connectivity index (χ1v) is 6.03. The molecule has 1 rings (SSSR count). The molecule has 0 aromatic rings. The van der Waals surface area contributed by atoms with Crippen molar-refractivity contribution in [3.63, 3.8) is 0 Å². The lowest BCUT2D eigenvalue weighted by molar-refractivity contribution is 0.227. The molecule has 0 atom stereocenters. The Morgan fingerprint density at radius 1 is 1.20 bits per heavy atom. The van der Waals surface area contributed by atoms with Crippen LogP contribution in [0.3, 0.4) is 0 Å². The number of amides is 2. The van der Waals surface area contributed by atoms with E-state index in [9.17, 15) is 4.79 Å². The summed E-state index contributed by atoms with van der Waals surface area (Å²) in [5.74, 6) is 0.699. The minimum atomic E-state index is -0.142. The third kappa shape index (κ3) is 5.65. The summed E-state index contributed by atoms with van der Waals surface area (Å²) in [5, 5.41) is 5.87. The number of urea groups is 1. The first-order valence-electron chi connectivity index (χ1n) is 6.03. The van der Waals surface area contributed by atoms with Gasteiger partial charge in [-0.2, -0.15) is 0 Å². The monoisotopic (exact) mass is 212 g/mol. The summed E-state index contributed by atoms with van der Waals surface area (Å²) in [6.07, 6.45) is 6.57. The van der Waals surface area contributed by atoms with Gasteiger partial charge in [0.1, 0.15) is 0 Å². The highest BCUT2D eigenvalue weighted by Crippen LogP contribution is 2.22. The average molecular weight is 212 g/mol. The van der Waals surface area contributed by atoms with E-state index < -0.39 is 0 Å². The van der Waals surface area contributed by atoms with Crippen LogP contribution in [0, 0.1) is 5.92 Å². The number of carbonyl (C=O) groups is 1. The van der Waals surface area contributed by atoms with E-state index in [0.29, 0.717) is 5.92 Å². The van der Waals surface area contributed by atoms with Crippen molar-refractivity contribution in [3.8, 4) is 0 Å². The maximum atomic E-state index is 11.5. The first-order chi connectivity index (χ1) is 6.97. The number of rotatable bonds is 2. The highest BCUT2D eigenvalue weighted by molar-refractivity contribution is 5.74. The van der Waals surface area contributed by atoms with Crippen LogP contribution in [0.15, 0.2) is 0 Å². The van der Waals surface area contributed by atoms with Crippen LogP contribution >= 0.6 is 0 Å². The summed E-state index contributed by atoms with van der Waals surface area (Å²) in [7, 11) is 0. The molecule has 3 heteroatoms. The summed E-state index contributed by atoms with van der Waals surface area (Å²) in [5.41, 5.74) is -0.142. The Hall–Kier alpha value is -0.730. The molecule has 1 saturated carbocycles. The molecule has 0 aliphatic heterocycles. The molecular weight excluding hydrogens is 188 g/mol. The van der Waals surface area contributed by atoms with Crippen molar-refractivity contribution >= 4 is 6.03 Å². The van der Waals surface area contributed by atoms with Gasteiger partial charge in [-0.15, -0.1) is 0 Å². The maximum Gasteiger partial charge on any atom is 0.315 e. The molecule has 1 aliphatic carbocycles. The maximum absolute atomic E-state index is 11.5. The summed E-state index contributed by atoms with van der Waals surface area (Å²) in [6.45, 7) is 6.81. The molecule has 88 valence electrons. The van der Waals surface area contributed by atoms with Crippen molar-refractivity contribution in [3.05, 3.63) is 0 Å². The second-order valence-corrected chi connectivity index (χ2v) is 5.59. The lowest BCUT2D eigenvalue weighted by Gasteiger charge is -2.24. The minimum Gasteiger partial charge on any atom is -0.338 e. The molecule has 1 fully saturated rings. The Kier molecular flexibility index (Phi) is 4.43. The molecular formula is C12H24N2O. The molecule has 0 radical (unpaired) electrons. The Bertz CT molecular complexity index is 202. The zero-order chi connectivity index (χ0) is 11.3. The average Bonchev–Trinajstić information content (AvgIpc) is 2.14. The summed E-state index contributed by atoms with van der Waals surface area (Å²) < 4.78 is 0. The van der Waals surface area contributed by atoms with Crippen LogP contribution in [0.5, 0.6) is 0 Å². The third-order valence-corrected chi connectivity index (χ3v) is 2.76. The molecule has 3 nitrogen and oxygen atoms in total. The summed E-state index contributed by atoms with van der Waals surface area (Å²) in [6, 6.07) is -0.0342. The van der Waals surface area contributed by atoms with Crippen LogP contribution in [0.1, 0.15) is 52.9 Å². The normalized spacial score (nSPS) is 18.6. The van der Waals surface area contributed by atoms with Crippen LogP contribution in [-0.4, -0.2) is 18.1 Å². The lowest BCUT2D eigenvalue weighted by Crippen LogP contribution is -2.47. The van der Waals surface area contributed by atoms with E-state index in [1.807, 2.05) is 20.8 Å². The van der Waals surface area contributed by atoms with E-state index >= 15 is 0 Å². The topological polar surface area (TPSA) is 41.1 Å². The van der Waals surface area contributed by atoms with E-state index in [1.54, 1.807) is 0 Å². The predicted octanol–water partition coefficient (Wildman–Crippen LogP) is 2.66. The standard InChI is InChI=1S/C12H24N2O/c1-12(2,3)14-11(15)13-9-10-7-5-4-6-8-10/h10H,4-9H2,1-3H3,(H2,13,14,15). The highest BCUT2D eigenvalue weighted by Gasteiger charge is 2.16. The van der Waals surface area contributed by atoms with Gasteiger partial charge in [0.15, 0.2) is 0 Å². The van der Waals surface area contributed by atoms with E-state index in [0.717, 1.165) is 6.54 Å². The second kappa shape index (κ2) is 5.38. The molecule has 15 heavy (non-hydrogen) atoms. The van der Waals surface area contributed by atoms with Crippen molar-refractivity contribution in [2.45, 2.75) is 58.4 Å². The van der Waals surface area contributed by atoms with Gasteiger partial charge in [0, 0.05) is 12.1 Å². The Balaban J connectivity index is 2.15. The van der Waals surface area contributed by atoms with E-state index in [-0.39, 0.29) is 11.6 Å². The van der Waals surface area contributed by atoms with Crippen molar-refractivity contribution < 1.29 is 4.79 Å². The second-order valence-electron chi connectivity index (χ2n) is 5.59. The molecule has 0 heterocycles. The molecule has 0 saturated heterocycles. The summed E-state index contributed by atoms with van der Waals surface area (Å²) >= 11 is 0. The fourth-order valence-corrected chi connectivity index (χ4v) is 2.01. The van der Waals surface area contributed by atoms with Gasteiger partial charge in [-0.05, 0) is 39.5 Å². The Morgan fingerprint density at radius 3 is 2.33 bits per heavy atom. The number of hydrogen-bond donors (Lipinski definition) is 2. The molecule has 0 aromatic heterocycles. The highest BCUT2D eigenvalue weighted by atomic mass is 16.2. The molecule has 0 spiro atoms. The Labute approximate surface area is 93.0 Å². The quantitative estimate of drug-likeness (QED) is 0.726. The smallest absolute Gasteiger partial charge is 0.315 e. The number of carbonyl (C=O) groups excluding carboxylic acids is 1. The fraction of sp³-hybridized carbons (Fsp3) is 0.917. The van der Waals surface area contributed by atoms with E-state index in [4.69, 9.17) is 0 Å². The molecule has 0 aromatic carbocycles. The third-order valence-electron chi connectivity index (χ3n) is 2.76. The van der Waals surface area contributed by atoms with Crippen molar-refractivity contribution in [2.24, 2.45) is 5.92 Å². The van der Waals surface area contributed by atoms with Gasteiger partial charge >= 0.3 is 6.03 Å². The van der Waals surface area contributed by atoms with Gasteiger partial charge in [0.2, 0.25) is 0 Å². The predicted molar refractivity (Wildman–Crippen MR) is 62.9 cm³/mol. The van der Waals surface area contributed by atoms with E-state index in [2.05, 4.69) is 10.6 Å². The van der Waals surface area contributed by atoms with Gasteiger partial charge in [0.25, 0.3) is 0 Å². The molecule has 0 unspecified atom stereocenters. The SMILES string of the molecule is CC(C)(C)NC(=O)NCC1CCCCC1. The zero-order valence-electron chi connectivity index (χ0n) is 10.2. The number of hydrogen-bond acceptors (Lipinski definition) is 1. The van der Waals surface area contributed by atoms with Crippen molar-refractivity contribution in [2.75, 3.05) is 6.54 Å². The van der Waals surface area contributed by atoms with Crippen LogP contribution in [0.25, 0.3) is 0 Å². The van der Waals surface area contributed by atoms with Crippen LogP contribution in [0.4, 0.5) is 4.79 Å². The molecule has 2 amide bonds. The van der Waals surface area contributed by atoms with Gasteiger partial charge < -0.3 is 10.6 Å². The summed E-state index contributed by atoms with van der Waals surface area (Å²) in [4.78, 5) is 11.5. The van der Waals surface area contributed by atoms with Gasteiger partial charge in [-0.3, -0.25) is 0 Å². The minimum absolute atomic E-state index is 0.0342. The zero-order valence-corrected chi connectivity index (χ0v) is 10.2. The van der Waals surface area contributed by atoms with Gasteiger partial charge in [-0.25, -0.2) is 4.79 Å². The van der Waals surface area contributed by atoms with E-state index in [1.165, 1.54) is 32.1 Å². The lowest BCUT2D eigenvalue weighted by atomic mass is 9.89. The molecule has 2 N–H and O–H groups in total.